The smallest absolute Gasteiger partial charge is 0.160 e. The Morgan fingerprint density at radius 3 is 2.33 bits per heavy atom. The lowest BCUT2D eigenvalue weighted by molar-refractivity contribution is 0.443. The summed E-state index contributed by atoms with van der Waals surface area (Å²) in [5.74, 6) is -1.18. The van der Waals surface area contributed by atoms with Crippen molar-refractivity contribution in [2.75, 3.05) is 6.54 Å². The maximum Gasteiger partial charge on any atom is 0.160 e. The second-order valence-corrected chi connectivity index (χ2v) is 5.28. The highest BCUT2D eigenvalue weighted by Crippen LogP contribution is 2.29. The SMILES string of the molecule is CCNC(CCC(C)C)c1cc(F)c(F)cc1Cl. The van der Waals surface area contributed by atoms with Crippen LogP contribution in [-0.4, -0.2) is 6.54 Å². The highest BCUT2D eigenvalue weighted by molar-refractivity contribution is 6.31. The Bertz CT molecular complexity index is 394. The molecule has 102 valence electrons. The van der Waals surface area contributed by atoms with E-state index < -0.39 is 11.6 Å². The predicted octanol–water partition coefficient (Wildman–Crippen LogP) is 4.71. The van der Waals surface area contributed by atoms with E-state index in [2.05, 4.69) is 19.2 Å². The molecule has 0 fully saturated rings. The summed E-state index contributed by atoms with van der Waals surface area (Å²) in [4.78, 5) is 0. The molecule has 0 saturated heterocycles. The van der Waals surface area contributed by atoms with Gasteiger partial charge in [0.1, 0.15) is 0 Å². The van der Waals surface area contributed by atoms with Crippen LogP contribution in [0.5, 0.6) is 0 Å². The van der Waals surface area contributed by atoms with Gasteiger partial charge in [0.25, 0.3) is 0 Å². The number of hydrogen-bond donors (Lipinski definition) is 1. The molecule has 0 amide bonds. The number of hydrogen-bond acceptors (Lipinski definition) is 1. The summed E-state index contributed by atoms with van der Waals surface area (Å²) < 4.78 is 26.3. The highest BCUT2D eigenvalue weighted by Gasteiger charge is 2.17. The van der Waals surface area contributed by atoms with E-state index in [4.69, 9.17) is 11.6 Å². The largest absolute Gasteiger partial charge is 0.310 e. The van der Waals surface area contributed by atoms with E-state index in [1.54, 1.807) is 0 Å². The molecular formula is C14H20ClF2N. The molecule has 1 N–H and O–H groups in total. The molecule has 0 bridgehead atoms. The zero-order chi connectivity index (χ0) is 13.7. The summed E-state index contributed by atoms with van der Waals surface area (Å²) in [5, 5.41) is 3.55. The Kier molecular flexibility index (Phi) is 6.03. The monoisotopic (exact) mass is 275 g/mol. The van der Waals surface area contributed by atoms with Crippen molar-refractivity contribution in [1.29, 1.82) is 0 Å². The molecule has 18 heavy (non-hydrogen) atoms. The van der Waals surface area contributed by atoms with Crippen molar-refractivity contribution in [3.05, 3.63) is 34.4 Å². The molecule has 1 aromatic carbocycles. The molecule has 0 aliphatic carbocycles. The van der Waals surface area contributed by atoms with Gasteiger partial charge < -0.3 is 5.32 Å². The summed E-state index contributed by atoms with van der Waals surface area (Å²) >= 11 is 6.00. The van der Waals surface area contributed by atoms with Crippen LogP contribution in [0.3, 0.4) is 0 Å². The van der Waals surface area contributed by atoms with E-state index in [0.29, 0.717) is 11.5 Å². The summed E-state index contributed by atoms with van der Waals surface area (Å²) in [6.07, 6.45) is 1.86. The Labute approximate surface area is 113 Å². The second kappa shape index (κ2) is 7.05. The van der Waals surface area contributed by atoms with Crippen LogP contribution < -0.4 is 5.32 Å². The van der Waals surface area contributed by atoms with E-state index in [1.165, 1.54) is 6.07 Å². The molecule has 1 unspecified atom stereocenters. The maximum atomic E-state index is 13.3. The van der Waals surface area contributed by atoms with Gasteiger partial charge in [-0.3, -0.25) is 0 Å². The third kappa shape index (κ3) is 4.21. The molecule has 0 spiro atoms. The first-order valence-electron chi connectivity index (χ1n) is 6.33. The number of nitrogens with one attached hydrogen (secondary N) is 1. The fourth-order valence-electron chi connectivity index (χ4n) is 1.92. The van der Waals surface area contributed by atoms with Crippen LogP contribution in [0.1, 0.15) is 45.2 Å². The average Bonchev–Trinajstić information content (AvgIpc) is 2.29. The Morgan fingerprint density at radius 2 is 1.78 bits per heavy atom. The van der Waals surface area contributed by atoms with Crippen LogP contribution in [0, 0.1) is 17.6 Å². The minimum Gasteiger partial charge on any atom is -0.310 e. The molecule has 0 saturated carbocycles. The van der Waals surface area contributed by atoms with Crippen molar-refractivity contribution >= 4 is 11.6 Å². The molecule has 1 nitrogen and oxygen atoms in total. The van der Waals surface area contributed by atoms with Gasteiger partial charge in [-0.25, -0.2) is 8.78 Å². The van der Waals surface area contributed by atoms with Crippen molar-refractivity contribution in [3.8, 4) is 0 Å². The molecule has 1 atom stereocenters. The van der Waals surface area contributed by atoms with Gasteiger partial charge in [0.15, 0.2) is 11.6 Å². The van der Waals surface area contributed by atoms with Gasteiger partial charge in [-0.1, -0.05) is 32.4 Å². The van der Waals surface area contributed by atoms with Gasteiger partial charge in [0, 0.05) is 11.1 Å². The van der Waals surface area contributed by atoms with Gasteiger partial charge in [0.05, 0.1) is 0 Å². The molecular weight excluding hydrogens is 256 g/mol. The van der Waals surface area contributed by atoms with Crippen LogP contribution in [0.25, 0.3) is 0 Å². The lowest BCUT2D eigenvalue weighted by atomic mass is 9.97. The molecule has 0 aliphatic heterocycles. The third-order valence-corrected chi connectivity index (χ3v) is 3.23. The lowest BCUT2D eigenvalue weighted by Gasteiger charge is -2.20. The van der Waals surface area contributed by atoms with Gasteiger partial charge in [-0.15, -0.1) is 0 Å². The zero-order valence-electron chi connectivity index (χ0n) is 11.1. The molecule has 0 aromatic heterocycles. The van der Waals surface area contributed by atoms with Crippen molar-refractivity contribution in [2.24, 2.45) is 5.92 Å². The van der Waals surface area contributed by atoms with Crippen LogP contribution in [0.15, 0.2) is 12.1 Å². The summed E-state index contributed by atoms with van der Waals surface area (Å²) in [5.41, 5.74) is 0.637. The Morgan fingerprint density at radius 1 is 1.17 bits per heavy atom. The first-order valence-corrected chi connectivity index (χ1v) is 6.71. The number of halogens is 3. The van der Waals surface area contributed by atoms with Crippen molar-refractivity contribution in [3.63, 3.8) is 0 Å². The molecule has 4 heteroatoms. The van der Waals surface area contributed by atoms with E-state index in [1.807, 2.05) is 6.92 Å². The molecule has 1 aromatic rings. The fraction of sp³-hybridized carbons (Fsp3) is 0.571. The highest BCUT2D eigenvalue weighted by atomic mass is 35.5. The fourth-order valence-corrected chi connectivity index (χ4v) is 2.20. The normalized spacial score (nSPS) is 13.1. The van der Waals surface area contributed by atoms with E-state index in [0.717, 1.165) is 25.5 Å². The van der Waals surface area contributed by atoms with Crippen LogP contribution in [0.4, 0.5) is 8.78 Å². The maximum absolute atomic E-state index is 13.3. The van der Waals surface area contributed by atoms with Crippen molar-refractivity contribution < 1.29 is 8.78 Å². The lowest BCUT2D eigenvalue weighted by Crippen LogP contribution is -2.22. The minimum absolute atomic E-state index is 0.0278. The number of rotatable bonds is 6. The first kappa shape index (κ1) is 15.4. The van der Waals surface area contributed by atoms with Crippen LogP contribution >= 0.6 is 11.6 Å². The molecule has 0 heterocycles. The zero-order valence-corrected chi connectivity index (χ0v) is 11.8. The van der Waals surface area contributed by atoms with Crippen LogP contribution in [0.2, 0.25) is 5.02 Å². The minimum atomic E-state index is -0.900. The van der Waals surface area contributed by atoms with Gasteiger partial charge in [-0.05, 0) is 43.0 Å². The van der Waals surface area contributed by atoms with E-state index in [9.17, 15) is 8.78 Å². The summed E-state index contributed by atoms with van der Waals surface area (Å²) in [7, 11) is 0. The van der Waals surface area contributed by atoms with Crippen molar-refractivity contribution in [2.45, 2.75) is 39.7 Å². The van der Waals surface area contributed by atoms with Crippen molar-refractivity contribution in [1.82, 2.24) is 5.32 Å². The van der Waals surface area contributed by atoms with E-state index >= 15 is 0 Å². The third-order valence-electron chi connectivity index (χ3n) is 2.90. The average molecular weight is 276 g/mol. The Hall–Kier alpha value is -0.670. The van der Waals surface area contributed by atoms with Crippen LogP contribution in [-0.2, 0) is 0 Å². The second-order valence-electron chi connectivity index (χ2n) is 4.87. The molecule has 1 rings (SSSR count). The molecule has 0 aliphatic rings. The Balaban J connectivity index is 2.94. The summed E-state index contributed by atoms with van der Waals surface area (Å²) in [6.45, 7) is 7.01. The number of benzene rings is 1. The standard InChI is InChI=1S/C14H20ClF2N/c1-4-18-14(6-5-9(2)3)10-7-12(16)13(17)8-11(10)15/h7-9,14,18H,4-6H2,1-3H3. The predicted molar refractivity (Wildman–Crippen MR) is 71.9 cm³/mol. The van der Waals surface area contributed by atoms with Gasteiger partial charge >= 0.3 is 0 Å². The first-order chi connectivity index (χ1) is 8.45. The topological polar surface area (TPSA) is 12.0 Å². The van der Waals surface area contributed by atoms with E-state index in [-0.39, 0.29) is 11.1 Å². The van der Waals surface area contributed by atoms with Gasteiger partial charge in [-0.2, -0.15) is 0 Å². The quantitative estimate of drug-likeness (QED) is 0.742. The molecule has 0 radical (unpaired) electrons. The van der Waals surface area contributed by atoms with Gasteiger partial charge in [0.2, 0.25) is 0 Å². The summed E-state index contributed by atoms with van der Waals surface area (Å²) in [6, 6.07) is 2.22.